The lowest BCUT2D eigenvalue weighted by Gasteiger charge is -2.02. The zero-order valence-electron chi connectivity index (χ0n) is 14.4. The van der Waals surface area contributed by atoms with Crippen LogP contribution in [0.3, 0.4) is 0 Å². The number of hydrogen-bond acceptors (Lipinski definition) is 6. The third-order valence-corrected chi connectivity index (χ3v) is 6.83. The van der Waals surface area contributed by atoms with Crippen molar-refractivity contribution in [3.8, 4) is 10.7 Å². The van der Waals surface area contributed by atoms with E-state index in [-0.39, 0.29) is 4.21 Å². The molecule has 4 N–H and O–H groups in total. The summed E-state index contributed by atoms with van der Waals surface area (Å²) in [6.45, 7) is 1.94. The second-order valence-corrected chi connectivity index (χ2v) is 9.33. The minimum atomic E-state index is -3.72. The largest absolute Gasteiger partial charge is 0.267 e. The third kappa shape index (κ3) is 3.40. The Morgan fingerprint density at radius 3 is 2.77 bits per heavy atom. The van der Waals surface area contributed by atoms with Crippen LogP contribution in [0.5, 0.6) is 0 Å². The van der Waals surface area contributed by atoms with Crippen molar-refractivity contribution >= 4 is 33.0 Å². The molecule has 136 valence electrons. The maximum absolute atomic E-state index is 11.5. The molecular formula is C16H19N6O2S2+. The quantitative estimate of drug-likeness (QED) is 0.679. The molecular weight excluding hydrogens is 372 g/mol. The van der Waals surface area contributed by atoms with Gasteiger partial charge in [0.15, 0.2) is 5.82 Å². The second-order valence-electron chi connectivity index (χ2n) is 6.46. The smallest absolute Gasteiger partial charge is 0.249 e. The zero-order valence-corrected chi connectivity index (χ0v) is 16.0. The summed E-state index contributed by atoms with van der Waals surface area (Å²) in [5, 5.41) is 11.7. The highest BCUT2D eigenvalue weighted by atomic mass is 32.2. The van der Waals surface area contributed by atoms with Gasteiger partial charge in [0.05, 0.1) is 4.88 Å². The minimum Gasteiger partial charge on any atom is -0.267 e. The van der Waals surface area contributed by atoms with Gasteiger partial charge in [-0.15, -0.1) is 16.4 Å². The van der Waals surface area contributed by atoms with E-state index < -0.39 is 10.0 Å². The third-order valence-electron chi connectivity index (χ3n) is 4.31. The SMILES string of the molecule is Cc1cnc(-c2ccc(S(N)(=O)=O)s2)nc1[NH2+]c1cc(C2CC2)n(C)n1. The Hall–Kier alpha value is -2.14. The highest BCUT2D eigenvalue weighted by Crippen LogP contribution is 2.40. The van der Waals surface area contributed by atoms with Gasteiger partial charge in [0.2, 0.25) is 21.7 Å². The molecule has 0 atom stereocenters. The summed E-state index contributed by atoms with van der Waals surface area (Å²) in [7, 11) is -1.76. The lowest BCUT2D eigenvalue weighted by atomic mass is 10.3. The number of hydrogen-bond donors (Lipinski definition) is 2. The van der Waals surface area contributed by atoms with Crippen LogP contribution in [0.1, 0.15) is 30.0 Å². The number of rotatable bonds is 5. The van der Waals surface area contributed by atoms with E-state index in [0.29, 0.717) is 16.6 Å². The van der Waals surface area contributed by atoms with Crippen molar-refractivity contribution in [2.45, 2.75) is 29.9 Å². The summed E-state index contributed by atoms with van der Waals surface area (Å²) in [6.07, 6.45) is 4.18. The molecule has 1 aliphatic carbocycles. The van der Waals surface area contributed by atoms with Gasteiger partial charge in [-0.25, -0.2) is 23.9 Å². The number of sulfonamides is 1. The van der Waals surface area contributed by atoms with Crippen molar-refractivity contribution in [2.75, 3.05) is 0 Å². The molecule has 0 aliphatic heterocycles. The van der Waals surface area contributed by atoms with Gasteiger partial charge in [-0.05, 0) is 31.9 Å². The Morgan fingerprint density at radius 2 is 2.12 bits per heavy atom. The lowest BCUT2D eigenvalue weighted by Crippen LogP contribution is -2.72. The van der Waals surface area contributed by atoms with E-state index in [1.165, 1.54) is 24.6 Å². The maximum atomic E-state index is 11.5. The standard InChI is InChI=1S/C16H18N6O2S2/c1-9-8-18-16(12-5-6-14(25-12)26(17,23)24)20-15(9)19-13-7-11(10-3-4-10)22(2)21-13/h5-8,10H,3-4H2,1-2H3,(H2,17,23,24)(H,18,19,20,21)/p+1. The van der Waals surface area contributed by atoms with Crippen LogP contribution in [0.25, 0.3) is 10.7 Å². The van der Waals surface area contributed by atoms with Crippen molar-refractivity contribution < 1.29 is 13.7 Å². The zero-order chi connectivity index (χ0) is 18.5. The first-order valence-electron chi connectivity index (χ1n) is 8.16. The predicted octanol–water partition coefficient (Wildman–Crippen LogP) is 1.30. The van der Waals surface area contributed by atoms with E-state index in [0.717, 1.165) is 28.5 Å². The van der Waals surface area contributed by atoms with Gasteiger partial charge in [-0.2, -0.15) is 4.98 Å². The summed E-state index contributed by atoms with van der Waals surface area (Å²) >= 11 is 1.06. The van der Waals surface area contributed by atoms with Crippen LogP contribution in [0.2, 0.25) is 0 Å². The van der Waals surface area contributed by atoms with E-state index in [9.17, 15) is 8.42 Å². The van der Waals surface area contributed by atoms with Gasteiger partial charge in [-0.1, -0.05) is 0 Å². The van der Waals surface area contributed by atoms with Gasteiger partial charge >= 0.3 is 0 Å². The highest BCUT2D eigenvalue weighted by Gasteiger charge is 2.28. The molecule has 1 saturated carbocycles. The Kier molecular flexibility index (Phi) is 4.14. The molecule has 0 amide bonds. The number of quaternary nitrogens is 1. The van der Waals surface area contributed by atoms with E-state index in [4.69, 9.17) is 5.14 Å². The molecule has 3 aromatic heterocycles. The van der Waals surface area contributed by atoms with Crippen molar-refractivity contribution in [3.05, 3.63) is 35.7 Å². The van der Waals surface area contributed by atoms with Gasteiger partial charge in [0, 0.05) is 36.5 Å². The Balaban J connectivity index is 1.64. The summed E-state index contributed by atoms with van der Waals surface area (Å²) in [5.74, 6) is 2.72. The summed E-state index contributed by atoms with van der Waals surface area (Å²) in [6, 6.07) is 5.25. The molecule has 0 spiro atoms. The first kappa shape index (κ1) is 17.3. The number of nitrogens with zero attached hydrogens (tertiary/aromatic N) is 4. The molecule has 3 heterocycles. The minimum absolute atomic E-state index is 0.0982. The van der Waals surface area contributed by atoms with Crippen molar-refractivity contribution in [2.24, 2.45) is 12.2 Å². The first-order valence-corrected chi connectivity index (χ1v) is 10.5. The Morgan fingerprint density at radius 1 is 1.35 bits per heavy atom. The van der Waals surface area contributed by atoms with Gasteiger partial charge in [-0.3, -0.25) is 4.68 Å². The van der Waals surface area contributed by atoms with Crippen molar-refractivity contribution in [3.63, 3.8) is 0 Å². The Labute approximate surface area is 155 Å². The summed E-state index contributed by atoms with van der Waals surface area (Å²) in [5.41, 5.74) is 2.18. The molecule has 26 heavy (non-hydrogen) atoms. The fourth-order valence-electron chi connectivity index (χ4n) is 2.79. The molecule has 0 radical (unpaired) electrons. The van der Waals surface area contributed by atoms with Crippen LogP contribution < -0.4 is 10.5 Å². The molecule has 0 aromatic carbocycles. The van der Waals surface area contributed by atoms with Crippen molar-refractivity contribution in [1.82, 2.24) is 19.7 Å². The fourth-order valence-corrected chi connectivity index (χ4v) is 4.46. The number of thiophene rings is 1. The van der Waals surface area contributed by atoms with E-state index in [2.05, 4.69) is 21.1 Å². The Bertz CT molecular complexity index is 1080. The molecule has 1 aliphatic rings. The second kappa shape index (κ2) is 6.23. The molecule has 1 fully saturated rings. The molecule has 0 saturated heterocycles. The summed E-state index contributed by atoms with van der Waals surface area (Å²) in [4.78, 5) is 9.57. The van der Waals surface area contributed by atoms with Gasteiger partial charge in [0.1, 0.15) is 4.21 Å². The number of primary sulfonamides is 1. The average molecular weight is 392 g/mol. The monoisotopic (exact) mass is 391 g/mol. The summed E-state index contributed by atoms with van der Waals surface area (Å²) < 4.78 is 25.0. The normalized spacial score (nSPS) is 14.7. The fraction of sp³-hybridized carbons (Fsp3) is 0.312. The van der Waals surface area contributed by atoms with E-state index in [1.807, 2.05) is 24.0 Å². The van der Waals surface area contributed by atoms with Gasteiger partial charge in [0.25, 0.3) is 0 Å². The van der Waals surface area contributed by atoms with Gasteiger partial charge < -0.3 is 0 Å². The van der Waals surface area contributed by atoms with E-state index in [1.54, 1.807) is 12.3 Å². The van der Waals surface area contributed by atoms with Crippen LogP contribution >= 0.6 is 11.3 Å². The predicted molar refractivity (Wildman–Crippen MR) is 97.9 cm³/mol. The van der Waals surface area contributed by atoms with Crippen LogP contribution in [-0.4, -0.2) is 28.2 Å². The topological polar surface area (TPSA) is 120 Å². The number of nitrogens with two attached hydrogens (primary N) is 2. The highest BCUT2D eigenvalue weighted by molar-refractivity contribution is 7.91. The van der Waals surface area contributed by atoms with E-state index >= 15 is 0 Å². The molecule has 3 aromatic rings. The number of aryl methyl sites for hydroxylation is 2. The first-order chi connectivity index (χ1) is 12.3. The average Bonchev–Trinajstić information content (AvgIpc) is 3.14. The molecule has 0 unspecified atom stereocenters. The van der Waals surface area contributed by atoms with Crippen LogP contribution in [0, 0.1) is 6.92 Å². The van der Waals surface area contributed by atoms with Crippen LogP contribution in [0.4, 0.5) is 11.6 Å². The molecule has 4 rings (SSSR count). The molecule has 8 nitrogen and oxygen atoms in total. The molecule has 0 bridgehead atoms. The maximum Gasteiger partial charge on any atom is 0.249 e. The van der Waals surface area contributed by atoms with Crippen molar-refractivity contribution in [1.29, 1.82) is 0 Å². The lowest BCUT2D eigenvalue weighted by molar-refractivity contribution is -0.487. The number of aromatic nitrogens is 4. The van der Waals surface area contributed by atoms with Crippen LogP contribution in [-0.2, 0) is 17.1 Å². The molecule has 10 heteroatoms. The van der Waals surface area contributed by atoms with Crippen LogP contribution in [0.15, 0.2) is 28.6 Å².